The summed E-state index contributed by atoms with van der Waals surface area (Å²) in [7, 11) is 1.26. The fourth-order valence-electron chi connectivity index (χ4n) is 2.70. The normalized spacial score (nSPS) is 11.7. The maximum atomic E-state index is 12.6. The predicted octanol–water partition coefficient (Wildman–Crippen LogP) is 2.86. The van der Waals surface area contributed by atoms with E-state index in [-0.39, 0.29) is 22.6 Å². The van der Waals surface area contributed by atoms with Crippen LogP contribution in [0.4, 0.5) is 0 Å². The van der Waals surface area contributed by atoms with E-state index >= 15 is 0 Å². The first-order chi connectivity index (χ1) is 12.2. The van der Waals surface area contributed by atoms with Gasteiger partial charge in [-0.3, -0.25) is 4.79 Å². The number of hydrogen-bond donors (Lipinski definition) is 2. The lowest BCUT2D eigenvalue weighted by Crippen LogP contribution is -2.25. The van der Waals surface area contributed by atoms with Crippen LogP contribution in [0, 0.1) is 20.8 Å². The third-order valence-electron chi connectivity index (χ3n) is 4.10. The number of aromatic amines is 1. The second-order valence-corrected chi connectivity index (χ2v) is 6.05. The Morgan fingerprint density at radius 2 is 1.77 bits per heavy atom. The standard InChI is InChI=1S/C19H21NO6/c1-9-6-7-13(14(21)8-9)18(23)26-12(4)17(22)16-10(2)15(11(3)20-16)19(24)25-5/h6-8,12,20-21H,1-5H3. The number of aryl methyl sites for hydroxylation is 2. The summed E-state index contributed by atoms with van der Waals surface area (Å²) in [5.74, 6) is -2.06. The molecule has 1 unspecified atom stereocenters. The van der Waals surface area contributed by atoms with Crippen molar-refractivity contribution in [3.8, 4) is 5.75 Å². The average Bonchev–Trinajstić information content (AvgIpc) is 2.87. The van der Waals surface area contributed by atoms with Gasteiger partial charge in [-0.25, -0.2) is 9.59 Å². The molecule has 0 bridgehead atoms. The van der Waals surface area contributed by atoms with Crippen molar-refractivity contribution in [3.05, 3.63) is 51.8 Å². The monoisotopic (exact) mass is 359 g/mol. The van der Waals surface area contributed by atoms with Crippen LogP contribution < -0.4 is 0 Å². The highest BCUT2D eigenvalue weighted by Gasteiger charge is 2.28. The third-order valence-corrected chi connectivity index (χ3v) is 4.10. The van der Waals surface area contributed by atoms with Gasteiger partial charge < -0.3 is 19.6 Å². The van der Waals surface area contributed by atoms with E-state index in [1.807, 2.05) is 0 Å². The summed E-state index contributed by atoms with van der Waals surface area (Å²) in [4.78, 5) is 39.5. The number of aromatic nitrogens is 1. The van der Waals surface area contributed by atoms with Gasteiger partial charge in [-0.15, -0.1) is 0 Å². The van der Waals surface area contributed by atoms with E-state index in [2.05, 4.69) is 4.98 Å². The Balaban J connectivity index is 2.22. The third kappa shape index (κ3) is 3.61. The lowest BCUT2D eigenvalue weighted by Gasteiger charge is -2.13. The van der Waals surface area contributed by atoms with Crippen molar-refractivity contribution in [1.82, 2.24) is 4.98 Å². The molecule has 0 aliphatic heterocycles. The number of aromatic hydroxyl groups is 1. The van der Waals surface area contributed by atoms with Gasteiger partial charge in [0.25, 0.3) is 0 Å². The molecule has 1 aromatic heterocycles. The van der Waals surface area contributed by atoms with Crippen molar-refractivity contribution in [2.75, 3.05) is 7.11 Å². The van der Waals surface area contributed by atoms with Crippen LogP contribution in [0.1, 0.15) is 54.9 Å². The number of methoxy groups -OCH3 is 1. The first-order valence-electron chi connectivity index (χ1n) is 7.99. The highest BCUT2D eigenvalue weighted by atomic mass is 16.5. The number of Topliss-reactive ketones (excluding diaryl/α,β-unsaturated/α-hetero) is 1. The molecule has 0 saturated heterocycles. The van der Waals surface area contributed by atoms with Gasteiger partial charge in [0, 0.05) is 5.69 Å². The van der Waals surface area contributed by atoms with Crippen LogP contribution in [0.15, 0.2) is 18.2 Å². The van der Waals surface area contributed by atoms with Crippen LogP contribution in [0.2, 0.25) is 0 Å². The van der Waals surface area contributed by atoms with Gasteiger partial charge in [-0.05, 0) is 51.0 Å². The van der Waals surface area contributed by atoms with Gasteiger partial charge in [-0.1, -0.05) is 6.07 Å². The molecule has 2 aromatic rings. The van der Waals surface area contributed by atoms with Crippen LogP contribution in [-0.4, -0.2) is 41.0 Å². The summed E-state index contributed by atoms with van der Waals surface area (Å²) in [6.07, 6.45) is -1.11. The number of benzene rings is 1. The summed E-state index contributed by atoms with van der Waals surface area (Å²) in [6, 6.07) is 4.53. The minimum Gasteiger partial charge on any atom is -0.507 e. The zero-order chi connectivity index (χ0) is 19.6. The van der Waals surface area contributed by atoms with Gasteiger partial charge in [0.2, 0.25) is 5.78 Å². The zero-order valence-electron chi connectivity index (χ0n) is 15.3. The molecule has 26 heavy (non-hydrogen) atoms. The molecule has 0 spiro atoms. The van der Waals surface area contributed by atoms with Gasteiger partial charge in [0.1, 0.15) is 11.3 Å². The summed E-state index contributed by atoms with van der Waals surface area (Å²) in [5, 5.41) is 9.86. The number of H-pyrrole nitrogens is 1. The Morgan fingerprint density at radius 1 is 1.12 bits per heavy atom. The molecule has 0 amide bonds. The van der Waals surface area contributed by atoms with Gasteiger partial charge in [0.05, 0.1) is 18.4 Å². The molecular formula is C19H21NO6. The second-order valence-electron chi connectivity index (χ2n) is 6.05. The number of phenols is 1. The molecule has 1 aromatic carbocycles. The van der Waals surface area contributed by atoms with Crippen molar-refractivity contribution >= 4 is 17.7 Å². The lowest BCUT2D eigenvalue weighted by molar-refractivity contribution is 0.0314. The summed E-state index contributed by atoms with van der Waals surface area (Å²) in [6.45, 7) is 6.47. The molecule has 7 nitrogen and oxygen atoms in total. The fourth-order valence-corrected chi connectivity index (χ4v) is 2.70. The summed E-state index contributed by atoms with van der Waals surface area (Å²) < 4.78 is 9.89. The first-order valence-corrected chi connectivity index (χ1v) is 7.99. The highest BCUT2D eigenvalue weighted by molar-refractivity contribution is 6.04. The summed E-state index contributed by atoms with van der Waals surface area (Å²) >= 11 is 0. The lowest BCUT2D eigenvalue weighted by atomic mass is 10.1. The Kier molecular flexibility index (Phi) is 5.50. The van der Waals surface area contributed by atoms with E-state index in [1.165, 1.54) is 26.2 Å². The van der Waals surface area contributed by atoms with Crippen LogP contribution >= 0.6 is 0 Å². The second kappa shape index (κ2) is 7.43. The summed E-state index contributed by atoms with van der Waals surface area (Å²) in [5.41, 5.74) is 2.15. The molecule has 1 heterocycles. The SMILES string of the molecule is COC(=O)c1c(C)[nH]c(C(=O)C(C)OC(=O)c2ccc(C)cc2O)c1C. The smallest absolute Gasteiger partial charge is 0.342 e. The number of hydrogen-bond acceptors (Lipinski definition) is 6. The largest absolute Gasteiger partial charge is 0.507 e. The average molecular weight is 359 g/mol. The molecule has 2 rings (SSSR count). The molecule has 7 heteroatoms. The molecule has 0 radical (unpaired) electrons. The maximum Gasteiger partial charge on any atom is 0.342 e. The van der Waals surface area contributed by atoms with Crippen LogP contribution in [0.25, 0.3) is 0 Å². The number of carbonyl (C=O) groups is 3. The van der Waals surface area contributed by atoms with E-state index in [1.54, 1.807) is 26.8 Å². The Bertz CT molecular complexity index is 880. The number of ketones is 1. The molecule has 0 aliphatic rings. The van der Waals surface area contributed by atoms with E-state index < -0.39 is 23.8 Å². The maximum absolute atomic E-state index is 12.6. The van der Waals surface area contributed by atoms with Crippen LogP contribution in [0.3, 0.4) is 0 Å². The number of carbonyl (C=O) groups excluding carboxylic acids is 3. The topological polar surface area (TPSA) is 106 Å². The van der Waals surface area contributed by atoms with Crippen LogP contribution in [-0.2, 0) is 9.47 Å². The van der Waals surface area contributed by atoms with Gasteiger partial charge >= 0.3 is 11.9 Å². The molecule has 0 aliphatic carbocycles. The highest BCUT2D eigenvalue weighted by Crippen LogP contribution is 2.23. The van der Waals surface area contributed by atoms with Gasteiger partial charge in [0.15, 0.2) is 6.10 Å². The zero-order valence-corrected chi connectivity index (χ0v) is 15.3. The molecule has 138 valence electrons. The van der Waals surface area contributed by atoms with E-state index in [4.69, 9.17) is 9.47 Å². The minimum absolute atomic E-state index is 0.0233. The molecular weight excluding hydrogens is 338 g/mol. The van der Waals surface area contributed by atoms with Crippen LogP contribution in [0.5, 0.6) is 5.75 Å². The minimum atomic E-state index is -1.11. The predicted molar refractivity (Wildman–Crippen MR) is 93.7 cm³/mol. The number of ether oxygens (including phenoxy) is 2. The molecule has 0 fully saturated rings. The number of rotatable bonds is 5. The van der Waals surface area contributed by atoms with Crippen molar-refractivity contribution in [1.29, 1.82) is 0 Å². The first kappa shape index (κ1) is 19.2. The number of nitrogens with one attached hydrogen (secondary N) is 1. The van der Waals surface area contributed by atoms with Gasteiger partial charge in [-0.2, -0.15) is 0 Å². The fraction of sp³-hybridized carbons (Fsp3) is 0.316. The van der Waals surface area contributed by atoms with E-state index in [0.717, 1.165) is 5.56 Å². The quantitative estimate of drug-likeness (QED) is 0.628. The van der Waals surface area contributed by atoms with Crippen molar-refractivity contribution in [2.45, 2.75) is 33.8 Å². The Morgan fingerprint density at radius 3 is 2.35 bits per heavy atom. The number of esters is 2. The Hall–Kier alpha value is -3.09. The van der Waals surface area contributed by atoms with Crippen molar-refractivity contribution < 1.29 is 29.0 Å². The van der Waals surface area contributed by atoms with Crippen molar-refractivity contribution in [2.24, 2.45) is 0 Å². The number of phenolic OH excluding ortho intramolecular Hbond substituents is 1. The van der Waals surface area contributed by atoms with E-state index in [0.29, 0.717) is 11.3 Å². The molecule has 1 atom stereocenters. The molecule has 0 saturated carbocycles. The Labute approximate surface area is 150 Å². The van der Waals surface area contributed by atoms with Crippen molar-refractivity contribution in [3.63, 3.8) is 0 Å². The molecule has 2 N–H and O–H groups in total. The van der Waals surface area contributed by atoms with E-state index in [9.17, 15) is 19.5 Å².